The number of hydrogen-bond donors (Lipinski definition) is 1. The molecule has 3 aromatic rings. The summed E-state index contributed by atoms with van der Waals surface area (Å²) in [5, 5.41) is 3.21. The highest BCUT2D eigenvalue weighted by Gasteiger charge is 2.24. The van der Waals surface area contributed by atoms with Crippen LogP contribution < -0.4 is 19.5 Å². The summed E-state index contributed by atoms with van der Waals surface area (Å²) in [5.74, 6) is 1.04. The van der Waals surface area contributed by atoms with Crippen molar-refractivity contribution in [2.45, 2.75) is 13.0 Å². The van der Waals surface area contributed by atoms with Crippen molar-refractivity contribution in [3.05, 3.63) is 82.4 Å². The summed E-state index contributed by atoms with van der Waals surface area (Å²) >= 11 is 6.11. The molecular weight excluding hydrogens is 456 g/mol. The molecule has 4 rings (SSSR count). The fourth-order valence-electron chi connectivity index (χ4n) is 3.85. The third-order valence-corrected chi connectivity index (χ3v) is 5.87. The molecule has 0 atom stereocenters. The van der Waals surface area contributed by atoms with Crippen LogP contribution in [0.25, 0.3) is 0 Å². The van der Waals surface area contributed by atoms with Gasteiger partial charge in [-0.05, 0) is 60.0 Å². The van der Waals surface area contributed by atoms with E-state index in [-0.39, 0.29) is 29.7 Å². The highest BCUT2D eigenvalue weighted by molar-refractivity contribution is 6.31. The Bertz CT molecular complexity index is 1200. The zero-order valence-electron chi connectivity index (χ0n) is 19.0. The van der Waals surface area contributed by atoms with Gasteiger partial charge in [0.2, 0.25) is 0 Å². The standard InChI is InChI=1S/C26H25ClN2O5/c1-32-23-12-17-10-11-29(15-18(17)13-24(23)33-2)25(30)16-34-22-9-8-19(27)14-21(22)26(31)28-20-6-4-3-5-7-20/h3-9,12-14H,10-11,15-16H2,1-2H3,(H,28,31). The lowest BCUT2D eigenvalue weighted by Gasteiger charge is -2.29. The predicted molar refractivity (Wildman–Crippen MR) is 130 cm³/mol. The molecule has 0 aromatic heterocycles. The van der Waals surface area contributed by atoms with Crippen molar-refractivity contribution in [3.8, 4) is 17.2 Å². The largest absolute Gasteiger partial charge is 0.493 e. The van der Waals surface area contributed by atoms with Crippen molar-refractivity contribution in [3.63, 3.8) is 0 Å². The Labute approximate surface area is 203 Å². The molecule has 1 N–H and O–H groups in total. The first-order valence-corrected chi connectivity index (χ1v) is 11.2. The highest BCUT2D eigenvalue weighted by atomic mass is 35.5. The van der Waals surface area contributed by atoms with Crippen LogP contribution in [0.15, 0.2) is 60.7 Å². The van der Waals surface area contributed by atoms with Crippen LogP contribution in [0.2, 0.25) is 5.02 Å². The average Bonchev–Trinajstić information content (AvgIpc) is 2.87. The number of amides is 2. The molecule has 3 aromatic carbocycles. The number of rotatable bonds is 7. The number of halogens is 1. The number of methoxy groups -OCH3 is 2. The van der Waals surface area contributed by atoms with E-state index in [2.05, 4.69) is 5.32 Å². The van der Waals surface area contributed by atoms with Gasteiger partial charge in [-0.25, -0.2) is 0 Å². The summed E-state index contributed by atoms with van der Waals surface area (Å²) in [6.45, 7) is 0.808. The van der Waals surface area contributed by atoms with E-state index in [0.717, 1.165) is 11.1 Å². The lowest BCUT2D eigenvalue weighted by Crippen LogP contribution is -2.39. The molecule has 0 saturated heterocycles. The molecule has 0 radical (unpaired) electrons. The minimum atomic E-state index is -0.371. The van der Waals surface area contributed by atoms with Crippen LogP contribution in [-0.2, 0) is 17.8 Å². The van der Waals surface area contributed by atoms with Crippen LogP contribution in [0, 0.1) is 0 Å². The van der Waals surface area contributed by atoms with Crippen molar-refractivity contribution < 1.29 is 23.8 Å². The van der Waals surface area contributed by atoms with E-state index in [1.165, 1.54) is 6.07 Å². The number of ether oxygens (including phenoxy) is 3. The number of carbonyl (C=O) groups is 2. The van der Waals surface area contributed by atoms with Gasteiger partial charge in [0.1, 0.15) is 5.75 Å². The van der Waals surface area contributed by atoms with Gasteiger partial charge in [0.15, 0.2) is 18.1 Å². The van der Waals surface area contributed by atoms with Gasteiger partial charge in [0, 0.05) is 23.8 Å². The Balaban J connectivity index is 1.44. The van der Waals surface area contributed by atoms with Gasteiger partial charge in [-0.3, -0.25) is 9.59 Å². The summed E-state index contributed by atoms with van der Waals surface area (Å²) in [5.41, 5.74) is 3.03. The molecule has 1 aliphatic rings. The number of fused-ring (bicyclic) bond motifs is 1. The zero-order valence-corrected chi connectivity index (χ0v) is 19.7. The molecule has 8 heteroatoms. The molecule has 0 fully saturated rings. The third-order valence-electron chi connectivity index (χ3n) is 5.64. The first kappa shape index (κ1) is 23.4. The number of benzene rings is 3. The summed E-state index contributed by atoms with van der Waals surface area (Å²) in [4.78, 5) is 27.5. The molecule has 1 aliphatic heterocycles. The van der Waals surface area contributed by atoms with Crippen molar-refractivity contribution >= 4 is 29.1 Å². The zero-order chi connectivity index (χ0) is 24.1. The van der Waals surface area contributed by atoms with E-state index in [0.29, 0.717) is 41.7 Å². The normalized spacial score (nSPS) is 12.5. The topological polar surface area (TPSA) is 77.1 Å². The minimum Gasteiger partial charge on any atom is -0.493 e. The molecule has 34 heavy (non-hydrogen) atoms. The summed E-state index contributed by atoms with van der Waals surface area (Å²) in [7, 11) is 3.19. The van der Waals surface area contributed by atoms with Crippen LogP contribution in [-0.4, -0.2) is 44.1 Å². The fourth-order valence-corrected chi connectivity index (χ4v) is 4.02. The van der Waals surface area contributed by atoms with Gasteiger partial charge >= 0.3 is 0 Å². The molecule has 2 amide bonds. The maximum Gasteiger partial charge on any atom is 0.260 e. The maximum absolute atomic E-state index is 12.9. The van der Waals surface area contributed by atoms with E-state index in [1.54, 1.807) is 43.4 Å². The van der Waals surface area contributed by atoms with Crippen LogP contribution in [0.5, 0.6) is 17.2 Å². The Morgan fingerprint density at radius 1 is 0.941 bits per heavy atom. The Kier molecular flexibility index (Phi) is 7.23. The smallest absolute Gasteiger partial charge is 0.260 e. The van der Waals surface area contributed by atoms with Crippen molar-refractivity contribution in [2.24, 2.45) is 0 Å². The van der Waals surface area contributed by atoms with Crippen LogP contribution >= 0.6 is 11.6 Å². The number of nitrogens with one attached hydrogen (secondary N) is 1. The van der Waals surface area contributed by atoms with Crippen molar-refractivity contribution in [1.29, 1.82) is 0 Å². The summed E-state index contributed by atoms with van der Waals surface area (Å²) in [6, 6.07) is 17.7. The Morgan fingerprint density at radius 2 is 1.65 bits per heavy atom. The lowest BCUT2D eigenvalue weighted by molar-refractivity contribution is -0.134. The SMILES string of the molecule is COc1cc2c(cc1OC)CN(C(=O)COc1ccc(Cl)cc1C(=O)Nc1ccccc1)CC2. The quantitative estimate of drug-likeness (QED) is 0.536. The Hall–Kier alpha value is -3.71. The van der Waals surface area contributed by atoms with Gasteiger partial charge < -0.3 is 24.4 Å². The predicted octanol–water partition coefficient (Wildman–Crippen LogP) is 4.57. The molecule has 0 saturated carbocycles. The first-order valence-electron chi connectivity index (χ1n) is 10.8. The van der Waals surface area contributed by atoms with Crippen molar-refractivity contribution in [1.82, 2.24) is 4.90 Å². The first-order chi connectivity index (χ1) is 16.5. The molecule has 0 unspecified atom stereocenters. The van der Waals surface area contributed by atoms with E-state index in [9.17, 15) is 9.59 Å². The molecule has 1 heterocycles. The fraction of sp³-hybridized carbons (Fsp3) is 0.231. The monoisotopic (exact) mass is 480 g/mol. The number of nitrogens with zero attached hydrogens (tertiary/aromatic N) is 1. The molecular formula is C26H25ClN2O5. The number of anilines is 1. The third kappa shape index (κ3) is 5.26. The Morgan fingerprint density at radius 3 is 2.35 bits per heavy atom. The van der Waals surface area contributed by atoms with Gasteiger partial charge in [0.25, 0.3) is 11.8 Å². The molecule has 0 spiro atoms. The molecule has 7 nitrogen and oxygen atoms in total. The summed E-state index contributed by atoms with van der Waals surface area (Å²) in [6.07, 6.45) is 0.701. The van der Waals surface area contributed by atoms with Crippen LogP contribution in [0.1, 0.15) is 21.5 Å². The van der Waals surface area contributed by atoms with E-state index in [4.69, 9.17) is 25.8 Å². The minimum absolute atomic E-state index is 0.176. The van der Waals surface area contributed by atoms with Crippen LogP contribution in [0.3, 0.4) is 0 Å². The second kappa shape index (κ2) is 10.5. The molecule has 0 bridgehead atoms. The number of carbonyl (C=O) groups excluding carboxylic acids is 2. The second-order valence-electron chi connectivity index (χ2n) is 7.79. The average molecular weight is 481 g/mol. The van der Waals surface area contributed by atoms with Crippen molar-refractivity contribution in [2.75, 3.05) is 32.7 Å². The molecule has 176 valence electrons. The maximum atomic E-state index is 12.9. The van der Waals surface area contributed by atoms with Gasteiger partial charge in [-0.2, -0.15) is 0 Å². The van der Waals surface area contributed by atoms with Gasteiger partial charge in [-0.15, -0.1) is 0 Å². The van der Waals surface area contributed by atoms with E-state index < -0.39 is 0 Å². The summed E-state index contributed by atoms with van der Waals surface area (Å²) < 4.78 is 16.5. The highest BCUT2D eigenvalue weighted by Crippen LogP contribution is 2.33. The number of para-hydroxylation sites is 1. The van der Waals surface area contributed by atoms with E-state index in [1.807, 2.05) is 30.3 Å². The van der Waals surface area contributed by atoms with Crippen LogP contribution in [0.4, 0.5) is 5.69 Å². The van der Waals surface area contributed by atoms with Gasteiger partial charge in [-0.1, -0.05) is 29.8 Å². The van der Waals surface area contributed by atoms with Gasteiger partial charge in [0.05, 0.1) is 19.8 Å². The van der Waals surface area contributed by atoms with E-state index >= 15 is 0 Å². The lowest BCUT2D eigenvalue weighted by atomic mass is 9.99. The molecule has 0 aliphatic carbocycles. The number of hydrogen-bond acceptors (Lipinski definition) is 5. The second-order valence-corrected chi connectivity index (χ2v) is 8.23.